The van der Waals surface area contributed by atoms with Crippen molar-refractivity contribution in [2.75, 3.05) is 5.32 Å². The quantitative estimate of drug-likeness (QED) is 0.803. The smallest absolute Gasteiger partial charge is 0.319 e. The van der Waals surface area contributed by atoms with E-state index in [-0.39, 0.29) is 5.69 Å². The third-order valence-corrected chi connectivity index (χ3v) is 3.52. The molecular weight excluding hydrogens is 282 g/mol. The molecule has 2 unspecified atom stereocenters. The van der Waals surface area contributed by atoms with Gasteiger partial charge in [0.1, 0.15) is 11.6 Å². The molecule has 0 bridgehead atoms. The van der Waals surface area contributed by atoms with Crippen LogP contribution in [0.1, 0.15) is 25.7 Å². The second-order valence-corrected chi connectivity index (χ2v) is 5.09. The summed E-state index contributed by atoms with van der Waals surface area (Å²) >= 11 is 0. The van der Waals surface area contributed by atoms with Crippen LogP contribution in [0.15, 0.2) is 18.2 Å². The van der Waals surface area contributed by atoms with Gasteiger partial charge in [-0.25, -0.2) is 13.6 Å². The zero-order valence-electron chi connectivity index (χ0n) is 11.2. The average Bonchev–Trinajstić information content (AvgIpc) is 2.37. The Bertz CT molecular complexity index is 531. The lowest BCUT2D eigenvalue weighted by atomic mass is 9.84. The van der Waals surface area contributed by atoms with Gasteiger partial charge in [-0.15, -0.1) is 0 Å². The number of carbonyl (C=O) groups is 2. The number of anilines is 1. The van der Waals surface area contributed by atoms with Crippen LogP contribution >= 0.6 is 0 Å². The fraction of sp³-hybridized carbons (Fsp3) is 0.429. The Morgan fingerprint density at radius 3 is 2.33 bits per heavy atom. The highest BCUT2D eigenvalue weighted by atomic mass is 19.1. The normalized spacial score (nSPS) is 21.6. The van der Waals surface area contributed by atoms with E-state index >= 15 is 0 Å². The monoisotopic (exact) mass is 298 g/mol. The maximum atomic E-state index is 13.0. The van der Waals surface area contributed by atoms with E-state index in [4.69, 9.17) is 5.11 Å². The Kier molecular flexibility index (Phi) is 4.72. The molecule has 0 heterocycles. The van der Waals surface area contributed by atoms with Crippen molar-refractivity contribution in [1.82, 2.24) is 5.32 Å². The van der Waals surface area contributed by atoms with E-state index in [9.17, 15) is 18.4 Å². The molecule has 3 N–H and O–H groups in total. The Hall–Kier alpha value is -2.18. The Balaban J connectivity index is 1.98. The molecule has 1 aliphatic carbocycles. The summed E-state index contributed by atoms with van der Waals surface area (Å²) in [4.78, 5) is 22.9. The summed E-state index contributed by atoms with van der Waals surface area (Å²) in [6, 6.07) is 1.52. The van der Waals surface area contributed by atoms with Crippen LogP contribution in [-0.2, 0) is 4.79 Å². The van der Waals surface area contributed by atoms with Gasteiger partial charge in [0, 0.05) is 17.8 Å². The molecule has 1 aliphatic rings. The summed E-state index contributed by atoms with van der Waals surface area (Å²) in [5.74, 6) is -3.18. The van der Waals surface area contributed by atoms with Crippen molar-refractivity contribution >= 4 is 17.7 Å². The van der Waals surface area contributed by atoms with Gasteiger partial charge < -0.3 is 15.7 Å². The van der Waals surface area contributed by atoms with Crippen molar-refractivity contribution in [2.45, 2.75) is 31.7 Å². The summed E-state index contributed by atoms with van der Waals surface area (Å²) in [7, 11) is 0. The third kappa shape index (κ3) is 4.14. The van der Waals surface area contributed by atoms with Crippen LogP contribution in [0.3, 0.4) is 0 Å². The lowest BCUT2D eigenvalue weighted by Crippen LogP contribution is -2.46. The predicted molar refractivity (Wildman–Crippen MR) is 71.9 cm³/mol. The molecule has 0 saturated heterocycles. The summed E-state index contributed by atoms with van der Waals surface area (Å²) < 4.78 is 26.0. The summed E-state index contributed by atoms with van der Waals surface area (Å²) in [5.41, 5.74) is -0.0207. The van der Waals surface area contributed by atoms with Crippen LogP contribution in [0.5, 0.6) is 0 Å². The zero-order chi connectivity index (χ0) is 15.4. The molecular formula is C14H16F2N2O3. The van der Waals surface area contributed by atoms with E-state index in [1.165, 1.54) is 0 Å². The van der Waals surface area contributed by atoms with Crippen molar-refractivity contribution in [3.8, 4) is 0 Å². The van der Waals surface area contributed by atoms with Crippen LogP contribution in [0.4, 0.5) is 19.3 Å². The molecule has 0 spiro atoms. The predicted octanol–water partition coefficient (Wildman–Crippen LogP) is 2.73. The van der Waals surface area contributed by atoms with Crippen LogP contribution in [-0.4, -0.2) is 23.1 Å². The minimum Gasteiger partial charge on any atom is -0.481 e. The van der Waals surface area contributed by atoms with E-state index in [2.05, 4.69) is 10.6 Å². The second-order valence-electron chi connectivity index (χ2n) is 5.09. The number of halogens is 2. The van der Waals surface area contributed by atoms with Gasteiger partial charge >= 0.3 is 12.0 Å². The van der Waals surface area contributed by atoms with Crippen LogP contribution < -0.4 is 10.6 Å². The molecule has 0 aliphatic heterocycles. The zero-order valence-corrected chi connectivity index (χ0v) is 11.2. The number of carbonyl (C=O) groups excluding carboxylic acids is 1. The highest BCUT2D eigenvalue weighted by Crippen LogP contribution is 2.24. The summed E-state index contributed by atoms with van der Waals surface area (Å²) in [6.45, 7) is 0. The SMILES string of the molecule is O=C(Nc1cc(F)cc(F)c1)NC1CCCCC1C(=O)O. The maximum absolute atomic E-state index is 13.0. The van der Waals surface area contributed by atoms with Crippen LogP contribution in [0.25, 0.3) is 0 Å². The molecule has 2 amide bonds. The highest BCUT2D eigenvalue weighted by Gasteiger charge is 2.31. The van der Waals surface area contributed by atoms with Crippen molar-refractivity contribution in [1.29, 1.82) is 0 Å². The first kappa shape index (κ1) is 15.2. The Morgan fingerprint density at radius 2 is 1.71 bits per heavy atom. The van der Waals surface area contributed by atoms with Gasteiger partial charge in [-0.1, -0.05) is 12.8 Å². The van der Waals surface area contributed by atoms with Crippen molar-refractivity contribution in [3.63, 3.8) is 0 Å². The van der Waals surface area contributed by atoms with Crippen molar-refractivity contribution in [3.05, 3.63) is 29.8 Å². The number of carboxylic acids is 1. The molecule has 114 valence electrons. The topological polar surface area (TPSA) is 78.4 Å². The van der Waals surface area contributed by atoms with Crippen LogP contribution in [0.2, 0.25) is 0 Å². The Labute approximate surface area is 120 Å². The van der Waals surface area contributed by atoms with Crippen molar-refractivity contribution in [2.24, 2.45) is 5.92 Å². The lowest BCUT2D eigenvalue weighted by molar-refractivity contribution is -0.143. The highest BCUT2D eigenvalue weighted by molar-refractivity contribution is 5.89. The fourth-order valence-corrected chi connectivity index (χ4v) is 2.56. The van der Waals surface area contributed by atoms with Crippen LogP contribution in [0, 0.1) is 17.6 Å². The molecule has 0 radical (unpaired) electrons. The molecule has 21 heavy (non-hydrogen) atoms. The number of hydrogen-bond acceptors (Lipinski definition) is 2. The molecule has 0 aromatic heterocycles. The van der Waals surface area contributed by atoms with E-state index in [1.807, 2.05) is 0 Å². The molecule has 1 saturated carbocycles. The third-order valence-electron chi connectivity index (χ3n) is 3.52. The molecule has 5 nitrogen and oxygen atoms in total. The standard InChI is InChI=1S/C14H16F2N2O3/c15-8-5-9(16)7-10(6-8)17-14(21)18-12-4-2-1-3-11(12)13(19)20/h5-7,11-12H,1-4H2,(H,19,20)(H2,17,18,21). The number of aliphatic carboxylic acids is 1. The van der Waals surface area contributed by atoms with E-state index in [1.54, 1.807) is 0 Å². The number of amides is 2. The number of hydrogen-bond donors (Lipinski definition) is 3. The van der Waals surface area contributed by atoms with Gasteiger partial charge in [-0.3, -0.25) is 4.79 Å². The van der Waals surface area contributed by atoms with E-state index in [0.29, 0.717) is 18.9 Å². The van der Waals surface area contributed by atoms with Gasteiger partial charge in [0.15, 0.2) is 0 Å². The number of urea groups is 1. The first-order chi connectivity index (χ1) is 9.95. The number of rotatable bonds is 3. The van der Waals surface area contributed by atoms with Gasteiger partial charge in [-0.2, -0.15) is 0 Å². The molecule has 1 fully saturated rings. The first-order valence-electron chi connectivity index (χ1n) is 6.72. The Morgan fingerprint density at radius 1 is 1.10 bits per heavy atom. The molecule has 2 atom stereocenters. The van der Waals surface area contributed by atoms with Gasteiger partial charge in [0.25, 0.3) is 0 Å². The summed E-state index contributed by atoms with van der Waals surface area (Å²) in [5, 5.41) is 14.0. The van der Waals surface area contributed by atoms with Gasteiger partial charge in [0.2, 0.25) is 0 Å². The molecule has 7 heteroatoms. The van der Waals surface area contributed by atoms with E-state index < -0.39 is 35.6 Å². The van der Waals surface area contributed by atoms with E-state index in [0.717, 1.165) is 25.0 Å². The maximum Gasteiger partial charge on any atom is 0.319 e. The minimum atomic E-state index is -0.947. The largest absolute Gasteiger partial charge is 0.481 e. The van der Waals surface area contributed by atoms with Gasteiger partial charge in [0.05, 0.1) is 5.92 Å². The number of carboxylic acid groups (broad SMARTS) is 1. The fourth-order valence-electron chi connectivity index (χ4n) is 2.56. The van der Waals surface area contributed by atoms with Gasteiger partial charge in [-0.05, 0) is 25.0 Å². The molecule has 2 rings (SSSR count). The first-order valence-corrected chi connectivity index (χ1v) is 6.72. The average molecular weight is 298 g/mol. The summed E-state index contributed by atoms with van der Waals surface area (Å²) in [6.07, 6.45) is 2.73. The number of nitrogens with one attached hydrogen (secondary N) is 2. The minimum absolute atomic E-state index is 0.0207. The lowest BCUT2D eigenvalue weighted by Gasteiger charge is -2.29. The second kappa shape index (κ2) is 6.51. The number of benzene rings is 1. The molecule has 1 aromatic carbocycles. The van der Waals surface area contributed by atoms with Crippen molar-refractivity contribution < 1.29 is 23.5 Å². The molecule has 1 aromatic rings.